The zero-order valence-corrected chi connectivity index (χ0v) is 6.64. The van der Waals surface area contributed by atoms with Crippen molar-refractivity contribution in [2.75, 3.05) is 0 Å². The van der Waals surface area contributed by atoms with Gasteiger partial charge in [-0.05, 0) is 26.2 Å². The van der Waals surface area contributed by atoms with Crippen molar-refractivity contribution in [2.24, 2.45) is 0 Å². The minimum Gasteiger partial charge on any atom is -0.393 e. The molecule has 0 saturated carbocycles. The van der Waals surface area contributed by atoms with Gasteiger partial charge in [0.2, 0.25) is 0 Å². The van der Waals surface area contributed by atoms with E-state index in [1.165, 1.54) is 0 Å². The van der Waals surface area contributed by atoms with Gasteiger partial charge < -0.3 is 20.4 Å². The quantitative estimate of drug-likeness (QED) is 0.401. The fourth-order valence-electron chi connectivity index (χ4n) is 0.771. The summed E-state index contributed by atoms with van der Waals surface area (Å²) in [4.78, 5) is 0. The molecular formula is C7H16O4. The Morgan fingerprint density at radius 2 is 1.55 bits per heavy atom. The zero-order valence-electron chi connectivity index (χ0n) is 6.64. The lowest BCUT2D eigenvalue weighted by atomic mass is 10.1. The third-order valence-electron chi connectivity index (χ3n) is 1.47. The van der Waals surface area contributed by atoms with Crippen LogP contribution < -0.4 is 0 Å². The van der Waals surface area contributed by atoms with Crippen molar-refractivity contribution in [3.63, 3.8) is 0 Å². The van der Waals surface area contributed by atoms with Crippen LogP contribution in [0.15, 0.2) is 0 Å². The van der Waals surface area contributed by atoms with E-state index in [2.05, 4.69) is 0 Å². The van der Waals surface area contributed by atoms with Crippen molar-refractivity contribution in [1.29, 1.82) is 0 Å². The van der Waals surface area contributed by atoms with E-state index in [9.17, 15) is 0 Å². The fourth-order valence-corrected chi connectivity index (χ4v) is 0.771. The largest absolute Gasteiger partial charge is 0.393 e. The van der Waals surface area contributed by atoms with Gasteiger partial charge in [0.25, 0.3) is 0 Å². The first-order valence-corrected chi connectivity index (χ1v) is 3.76. The Kier molecular flexibility index (Phi) is 5.41. The van der Waals surface area contributed by atoms with Crippen molar-refractivity contribution in [3.05, 3.63) is 0 Å². The second-order valence-electron chi connectivity index (χ2n) is 2.76. The summed E-state index contributed by atoms with van der Waals surface area (Å²) in [5, 5.41) is 34.5. The van der Waals surface area contributed by atoms with E-state index in [4.69, 9.17) is 20.4 Å². The molecule has 11 heavy (non-hydrogen) atoms. The second-order valence-corrected chi connectivity index (χ2v) is 2.76. The van der Waals surface area contributed by atoms with Gasteiger partial charge in [-0.2, -0.15) is 0 Å². The van der Waals surface area contributed by atoms with Gasteiger partial charge in [-0.3, -0.25) is 0 Å². The molecule has 0 saturated heterocycles. The summed E-state index contributed by atoms with van der Waals surface area (Å²) in [7, 11) is 0. The molecule has 0 aromatic heterocycles. The van der Waals surface area contributed by atoms with Gasteiger partial charge in [0, 0.05) is 0 Å². The summed E-state index contributed by atoms with van der Waals surface area (Å²) in [6.07, 6.45) is -1.67. The molecular weight excluding hydrogens is 148 g/mol. The number of aliphatic hydroxyl groups is 4. The van der Waals surface area contributed by atoms with Gasteiger partial charge in [0.15, 0.2) is 6.29 Å². The van der Waals surface area contributed by atoms with Gasteiger partial charge >= 0.3 is 0 Å². The van der Waals surface area contributed by atoms with Crippen LogP contribution in [0.25, 0.3) is 0 Å². The normalized spacial score (nSPS) is 16.9. The molecule has 0 aliphatic carbocycles. The van der Waals surface area contributed by atoms with Crippen molar-refractivity contribution in [1.82, 2.24) is 0 Å². The number of hydrogen-bond donors (Lipinski definition) is 4. The van der Waals surface area contributed by atoms with Crippen LogP contribution in [0.2, 0.25) is 0 Å². The first-order chi connectivity index (χ1) is 5.04. The molecule has 0 aromatic carbocycles. The van der Waals surface area contributed by atoms with E-state index >= 15 is 0 Å². The maximum atomic E-state index is 8.86. The SMILES string of the molecule is CC(O)CCCC(O)C(O)O. The maximum absolute atomic E-state index is 8.86. The Morgan fingerprint density at radius 3 is 1.91 bits per heavy atom. The first-order valence-electron chi connectivity index (χ1n) is 3.76. The minimum atomic E-state index is -1.66. The average molecular weight is 164 g/mol. The molecule has 0 aliphatic rings. The summed E-state index contributed by atoms with van der Waals surface area (Å²) in [6.45, 7) is 1.65. The molecule has 4 N–H and O–H groups in total. The number of aliphatic hydroxyl groups excluding tert-OH is 3. The molecule has 0 rings (SSSR count). The highest BCUT2D eigenvalue weighted by Gasteiger charge is 2.11. The van der Waals surface area contributed by atoms with Crippen LogP contribution in [0.1, 0.15) is 26.2 Å². The fraction of sp³-hybridized carbons (Fsp3) is 1.00. The highest BCUT2D eigenvalue weighted by Crippen LogP contribution is 2.05. The van der Waals surface area contributed by atoms with E-state index in [1.54, 1.807) is 6.92 Å². The topological polar surface area (TPSA) is 80.9 Å². The van der Waals surface area contributed by atoms with Crippen LogP contribution in [0.4, 0.5) is 0 Å². The molecule has 0 fully saturated rings. The van der Waals surface area contributed by atoms with Gasteiger partial charge in [-0.1, -0.05) is 0 Å². The molecule has 0 amide bonds. The predicted octanol–water partition coefficient (Wildman–Crippen LogP) is -0.791. The van der Waals surface area contributed by atoms with Crippen LogP contribution in [-0.2, 0) is 0 Å². The molecule has 4 heteroatoms. The summed E-state index contributed by atoms with van der Waals surface area (Å²) in [6, 6.07) is 0. The second kappa shape index (κ2) is 5.49. The summed E-state index contributed by atoms with van der Waals surface area (Å²) in [5.41, 5.74) is 0. The van der Waals surface area contributed by atoms with Crippen molar-refractivity contribution < 1.29 is 20.4 Å². The maximum Gasteiger partial charge on any atom is 0.178 e. The standard InChI is InChI=1S/C7H16O4/c1-5(8)3-2-4-6(9)7(10)11/h5-11H,2-4H2,1H3. The van der Waals surface area contributed by atoms with Crippen molar-refractivity contribution in [3.8, 4) is 0 Å². The van der Waals surface area contributed by atoms with E-state index < -0.39 is 18.5 Å². The van der Waals surface area contributed by atoms with Crippen LogP contribution in [-0.4, -0.2) is 38.9 Å². The molecule has 0 radical (unpaired) electrons. The van der Waals surface area contributed by atoms with Crippen LogP contribution >= 0.6 is 0 Å². The van der Waals surface area contributed by atoms with Gasteiger partial charge in [-0.15, -0.1) is 0 Å². The van der Waals surface area contributed by atoms with E-state index in [-0.39, 0.29) is 0 Å². The Morgan fingerprint density at radius 1 is 1.00 bits per heavy atom. The molecule has 0 aliphatic heterocycles. The Hall–Kier alpha value is -0.160. The highest BCUT2D eigenvalue weighted by atomic mass is 16.5. The van der Waals surface area contributed by atoms with Crippen LogP contribution in [0.3, 0.4) is 0 Å². The third kappa shape index (κ3) is 6.25. The lowest BCUT2D eigenvalue weighted by molar-refractivity contribution is -0.124. The van der Waals surface area contributed by atoms with Gasteiger partial charge in [0.1, 0.15) is 6.10 Å². The van der Waals surface area contributed by atoms with E-state index in [1.807, 2.05) is 0 Å². The minimum absolute atomic E-state index is 0.308. The Labute approximate surface area is 66.1 Å². The van der Waals surface area contributed by atoms with Gasteiger partial charge in [0.05, 0.1) is 6.10 Å². The average Bonchev–Trinajstić information content (AvgIpc) is 1.86. The summed E-state index contributed by atoms with van der Waals surface area (Å²) in [5.74, 6) is 0. The Balaban J connectivity index is 3.24. The molecule has 2 unspecified atom stereocenters. The van der Waals surface area contributed by atoms with Gasteiger partial charge in [-0.25, -0.2) is 0 Å². The van der Waals surface area contributed by atoms with Crippen LogP contribution in [0.5, 0.6) is 0 Å². The smallest absolute Gasteiger partial charge is 0.178 e. The summed E-state index contributed by atoms with van der Waals surface area (Å²) >= 11 is 0. The van der Waals surface area contributed by atoms with E-state index in [0.29, 0.717) is 19.3 Å². The van der Waals surface area contributed by atoms with Crippen LogP contribution in [0, 0.1) is 0 Å². The molecule has 2 atom stereocenters. The molecule has 0 spiro atoms. The molecule has 0 bridgehead atoms. The predicted molar refractivity (Wildman–Crippen MR) is 39.8 cm³/mol. The Bertz CT molecular complexity index is 92.4. The molecule has 4 nitrogen and oxygen atoms in total. The van der Waals surface area contributed by atoms with Crippen molar-refractivity contribution >= 4 is 0 Å². The lowest BCUT2D eigenvalue weighted by Crippen LogP contribution is -2.25. The molecule has 0 heterocycles. The lowest BCUT2D eigenvalue weighted by Gasteiger charge is -2.12. The third-order valence-corrected chi connectivity index (χ3v) is 1.47. The number of hydrogen-bond acceptors (Lipinski definition) is 4. The van der Waals surface area contributed by atoms with E-state index in [0.717, 1.165) is 0 Å². The van der Waals surface area contributed by atoms with Crippen molar-refractivity contribution in [2.45, 2.75) is 44.7 Å². The zero-order chi connectivity index (χ0) is 8.85. The summed E-state index contributed by atoms with van der Waals surface area (Å²) < 4.78 is 0. The number of rotatable bonds is 5. The molecule has 68 valence electrons. The monoisotopic (exact) mass is 164 g/mol. The highest BCUT2D eigenvalue weighted by molar-refractivity contribution is 4.58. The first kappa shape index (κ1) is 10.8. The molecule has 0 aromatic rings.